The Bertz CT molecular complexity index is 3380. The Morgan fingerprint density at radius 3 is 1.88 bits per heavy atom. The highest BCUT2D eigenvalue weighted by Crippen LogP contribution is 2.46. The van der Waals surface area contributed by atoms with E-state index >= 15 is 0 Å². The topological polar surface area (TPSA) is 293 Å². The number of anilines is 2. The van der Waals surface area contributed by atoms with E-state index in [4.69, 9.17) is 0 Å². The van der Waals surface area contributed by atoms with E-state index in [-0.39, 0.29) is 39.6 Å². The normalized spacial score (nSPS) is 12.9. The summed E-state index contributed by atoms with van der Waals surface area (Å²) in [5.41, 5.74) is -3.84. The highest BCUT2D eigenvalue weighted by atomic mass is 32.2. The molecule has 0 amide bonds. The summed E-state index contributed by atoms with van der Waals surface area (Å²) in [7, 11) is -19.7. The maximum atomic E-state index is 14.3. The van der Waals surface area contributed by atoms with Gasteiger partial charge in [-0.15, -0.1) is 0 Å². The number of sulfone groups is 1. The van der Waals surface area contributed by atoms with Crippen LogP contribution in [0.15, 0.2) is 128 Å². The lowest BCUT2D eigenvalue weighted by molar-refractivity contribution is 0.0980. The molecule has 6 aromatic rings. The number of Topliss-reactive ketones (excluding diaryl/α,β-unsaturated/α-hetero) is 1. The van der Waals surface area contributed by atoms with E-state index in [0.29, 0.717) is 6.07 Å². The molecule has 0 aliphatic heterocycles. The van der Waals surface area contributed by atoms with Gasteiger partial charge in [0.2, 0.25) is 0 Å². The van der Waals surface area contributed by atoms with Crippen molar-refractivity contribution in [3.05, 3.63) is 141 Å². The predicted octanol–water partition coefficient (Wildman–Crippen LogP) is 4.89. The molecule has 17 nitrogen and oxygen atoms in total. The second-order valence-electron chi connectivity index (χ2n) is 13.4. The van der Waals surface area contributed by atoms with Gasteiger partial charge in [0.05, 0.1) is 43.6 Å². The number of nitrogens with one attached hydrogen (secondary N) is 2. The Kier molecular flexibility index (Phi) is 10.6. The van der Waals surface area contributed by atoms with Gasteiger partial charge in [0, 0.05) is 34.1 Å². The quantitative estimate of drug-likeness (QED) is 0.0760. The molecular weight excluding hydrogens is 865 g/mol. The monoisotopic (exact) mass is 892 g/mol. The lowest BCUT2D eigenvalue weighted by Crippen LogP contribution is -2.25. The molecule has 0 saturated heterocycles. The second kappa shape index (κ2) is 15.1. The Labute approximate surface area is 340 Å². The van der Waals surface area contributed by atoms with E-state index in [9.17, 15) is 66.5 Å². The van der Waals surface area contributed by atoms with Crippen LogP contribution in [0.3, 0.4) is 0 Å². The molecule has 0 saturated carbocycles. The second-order valence-corrected chi connectivity index (χ2v) is 19.7. The summed E-state index contributed by atoms with van der Waals surface area (Å²) in [6.45, 7) is 0. The number of H-pyrrole nitrogens is 1. The molecule has 1 heterocycles. The number of hydrogen-bond acceptors (Lipinski definition) is 13. The molecule has 0 fully saturated rings. The first-order valence-corrected chi connectivity index (χ1v) is 23.3. The molecule has 0 unspecified atom stereocenters. The average molecular weight is 893 g/mol. The summed E-state index contributed by atoms with van der Waals surface area (Å²) >= 11 is 0. The minimum Gasteiger partial charge on any atom is -0.354 e. The Balaban J connectivity index is 1.34. The fraction of sp³-hybridized carbons (Fsp3) is 0.0769. The summed E-state index contributed by atoms with van der Waals surface area (Å²) in [5, 5.41) is 2.26. The molecule has 5 N–H and O–H groups in total. The van der Waals surface area contributed by atoms with Gasteiger partial charge in [-0.25, -0.2) is 8.42 Å². The van der Waals surface area contributed by atoms with Crippen molar-refractivity contribution in [2.45, 2.75) is 32.4 Å². The molecule has 0 spiro atoms. The van der Waals surface area contributed by atoms with Crippen molar-refractivity contribution in [1.29, 1.82) is 0 Å². The Morgan fingerprint density at radius 1 is 0.600 bits per heavy atom. The van der Waals surface area contributed by atoms with Gasteiger partial charge in [0.15, 0.2) is 27.2 Å². The van der Waals surface area contributed by atoms with Crippen LogP contribution in [0.5, 0.6) is 0 Å². The van der Waals surface area contributed by atoms with Crippen molar-refractivity contribution in [3.63, 3.8) is 0 Å². The zero-order valence-electron chi connectivity index (χ0n) is 30.3. The number of hydrogen-bond donors (Lipinski definition) is 5. The van der Waals surface area contributed by atoms with Crippen molar-refractivity contribution in [1.82, 2.24) is 4.98 Å². The average Bonchev–Trinajstić information content (AvgIpc) is 3.18. The third-order valence-electron chi connectivity index (χ3n) is 9.60. The number of rotatable bonds is 13. The number of pyridine rings is 1. The first-order chi connectivity index (χ1) is 28.1. The minimum absolute atomic E-state index is 0.0530. The molecule has 60 heavy (non-hydrogen) atoms. The van der Waals surface area contributed by atoms with Crippen LogP contribution in [0.1, 0.15) is 55.0 Å². The van der Waals surface area contributed by atoms with Gasteiger partial charge in [-0.3, -0.25) is 32.8 Å². The molecule has 1 aromatic heterocycles. The van der Waals surface area contributed by atoms with Crippen molar-refractivity contribution in [2.24, 2.45) is 0 Å². The van der Waals surface area contributed by atoms with Gasteiger partial charge in [0.25, 0.3) is 35.9 Å². The van der Waals surface area contributed by atoms with E-state index < -0.39 is 123 Å². The standard InChI is InChI=1S/C39H28N2O15S4/c42-29(22-10-6-11-24(18-22)58(48,49)50)14-7-17-57(46,47)23-15-16-27(30(19-23)59(51,52)53)40-28-20-31(60(54,55)56)36-34-32(25-12-4-5-13-26(25)38(44)33(28)34)35(39(45)41-36)37(43)21-8-2-1-3-9-21/h1-6,8-13,15-16,18-20,40H,7,14,17H2,(H,41,45)(H,48,49,50)(H,51,52,53)(H,54,55,56). The third kappa shape index (κ3) is 7.81. The number of carbonyl (C=O) groups excluding carboxylic acids is 3. The van der Waals surface area contributed by atoms with Crippen LogP contribution in [-0.2, 0) is 40.2 Å². The molecular formula is C39H28N2O15S4. The van der Waals surface area contributed by atoms with E-state index in [1.54, 1.807) is 6.07 Å². The zero-order chi connectivity index (χ0) is 43.5. The smallest absolute Gasteiger partial charge is 0.296 e. The maximum Gasteiger partial charge on any atom is 0.296 e. The first-order valence-electron chi connectivity index (χ1n) is 17.3. The molecule has 7 rings (SSSR count). The maximum absolute atomic E-state index is 14.3. The number of aromatic amines is 1. The van der Waals surface area contributed by atoms with Crippen LogP contribution in [0, 0.1) is 0 Å². The van der Waals surface area contributed by atoms with Gasteiger partial charge in [0.1, 0.15) is 9.79 Å². The number of fused-ring (bicyclic) bond motifs is 2. The largest absolute Gasteiger partial charge is 0.354 e. The molecule has 21 heteroatoms. The lowest BCUT2D eigenvalue weighted by atomic mass is 9.80. The van der Waals surface area contributed by atoms with E-state index in [1.807, 2.05) is 0 Å². The fourth-order valence-electron chi connectivity index (χ4n) is 6.91. The number of ketones is 3. The highest BCUT2D eigenvalue weighted by Gasteiger charge is 2.36. The summed E-state index contributed by atoms with van der Waals surface area (Å²) < 4.78 is 131. The Morgan fingerprint density at radius 2 is 1.23 bits per heavy atom. The van der Waals surface area contributed by atoms with Gasteiger partial charge >= 0.3 is 0 Å². The Hall–Kier alpha value is -6.20. The molecule has 0 radical (unpaired) electrons. The molecule has 5 aromatic carbocycles. The summed E-state index contributed by atoms with van der Waals surface area (Å²) in [5.74, 6) is -3.01. The fourth-order valence-corrected chi connectivity index (χ4v) is 10.2. The van der Waals surface area contributed by atoms with Crippen LogP contribution in [0.25, 0.3) is 22.0 Å². The number of aromatic nitrogens is 1. The third-order valence-corrected chi connectivity index (χ3v) is 14.0. The molecule has 0 bridgehead atoms. The highest BCUT2D eigenvalue weighted by molar-refractivity contribution is 7.91. The van der Waals surface area contributed by atoms with Crippen LogP contribution in [0.4, 0.5) is 11.4 Å². The zero-order valence-corrected chi connectivity index (χ0v) is 33.6. The molecule has 1 aliphatic rings. The first kappa shape index (κ1) is 41.9. The van der Waals surface area contributed by atoms with Crippen molar-refractivity contribution >= 4 is 79.8 Å². The van der Waals surface area contributed by atoms with Crippen LogP contribution in [0.2, 0.25) is 0 Å². The van der Waals surface area contributed by atoms with E-state index in [0.717, 1.165) is 30.3 Å². The number of carbonyl (C=O) groups is 3. The van der Waals surface area contributed by atoms with Crippen LogP contribution >= 0.6 is 0 Å². The summed E-state index contributed by atoms with van der Waals surface area (Å²) in [6, 6.07) is 20.9. The van der Waals surface area contributed by atoms with Gasteiger partial charge in [-0.05, 0) is 48.4 Å². The van der Waals surface area contributed by atoms with Crippen molar-refractivity contribution in [2.75, 3.05) is 11.1 Å². The van der Waals surface area contributed by atoms with Gasteiger partial charge in [-0.2, -0.15) is 25.3 Å². The van der Waals surface area contributed by atoms with Crippen molar-refractivity contribution in [3.8, 4) is 11.1 Å². The molecule has 0 atom stereocenters. The predicted molar refractivity (Wildman–Crippen MR) is 215 cm³/mol. The van der Waals surface area contributed by atoms with Gasteiger partial charge in [-0.1, -0.05) is 66.7 Å². The van der Waals surface area contributed by atoms with Crippen molar-refractivity contribution < 1.29 is 61.7 Å². The lowest BCUT2D eigenvalue weighted by Gasteiger charge is -2.25. The summed E-state index contributed by atoms with van der Waals surface area (Å²) in [4.78, 5) is 53.9. The molecule has 308 valence electrons. The van der Waals surface area contributed by atoms with Crippen LogP contribution in [-0.4, -0.2) is 75.4 Å². The van der Waals surface area contributed by atoms with E-state index in [2.05, 4.69) is 10.3 Å². The summed E-state index contributed by atoms with van der Waals surface area (Å²) in [6.07, 6.45) is -0.747. The van der Waals surface area contributed by atoms with Gasteiger partial charge < -0.3 is 10.3 Å². The SMILES string of the molecule is O=C(CCCS(=O)(=O)c1ccc(Nc2cc(S(=O)(=O)O)c3[nH]c(=O)c(C(=O)c4ccccc4)c4c3c2C(=O)c2ccccc2-4)c(S(=O)(=O)O)c1)c1cccc(S(=O)(=O)O)c1. The molecule has 1 aliphatic carbocycles. The van der Waals surface area contributed by atoms with E-state index in [1.165, 1.54) is 60.7 Å². The minimum atomic E-state index is -5.33. The number of benzene rings is 5. The van der Waals surface area contributed by atoms with Crippen LogP contribution < -0.4 is 10.9 Å².